The van der Waals surface area contributed by atoms with Crippen LogP contribution in [0.25, 0.3) is 0 Å². The zero-order valence-electron chi connectivity index (χ0n) is 15.1. The molecule has 144 valence electrons. The number of guanidine groups is 1. The Kier molecular flexibility index (Phi) is 6.50. The molecule has 1 fully saturated rings. The fourth-order valence-corrected chi connectivity index (χ4v) is 3.11. The minimum absolute atomic E-state index is 0.163. The molecule has 0 saturated carbocycles. The van der Waals surface area contributed by atoms with E-state index in [0.29, 0.717) is 32.0 Å². The van der Waals surface area contributed by atoms with Crippen molar-refractivity contribution in [3.05, 3.63) is 35.4 Å². The standard InChI is InChI=1S/C18H24F3N3O2/c1-12-10-24(11-15(12)16(25)26-3)17(22-2)23-9-8-13-4-6-14(7-5-13)18(19,20)21/h4-7,12,15H,8-11H2,1-3H3,(H,22,23). The Bertz CT molecular complexity index is 644. The fraction of sp³-hybridized carbons (Fsp3) is 0.556. The van der Waals surface area contributed by atoms with E-state index >= 15 is 0 Å². The van der Waals surface area contributed by atoms with E-state index in [1.165, 1.54) is 19.2 Å². The van der Waals surface area contributed by atoms with Gasteiger partial charge in [0.15, 0.2) is 5.96 Å². The molecule has 1 saturated heterocycles. The molecule has 0 spiro atoms. The number of esters is 1. The lowest BCUT2D eigenvalue weighted by Gasteiger charge is -2.21. The molecule has 5 nitrogen and oxygen atoms in total. The first kappa shape index (κ1) is 20.1. The van der Waals surface area contributed by atoms with Crippen LogP contribution in [0, 0.1) is 11.8 Å². The number of nitrogens with zero attached hydrogens (tertiary/aromatic N) is 2. The Morgan fingerprint density at radius 3 is 2.50 bits per heavy atom. The summed E-state index contributed by atoms with van der Waals surface area (Å²) in [6.45, 7) is 3.76. The van der Waals surface area contributed by atoms with Crippen molar-refractivity contribution in [3.8, 4) is 0 Å². The molecule has 0 radical (unpaired) electrons. The monoisotopic (exact) mass is 371 g/mol. The Morgan fingerprint density at radius 1 is 1.31 bits per heavy atom. The number of likely N-dealkylation sites (tertiary alicyclic amines) is 1. The van der Waals surface area contributed by atoms with E-state index in [9.17, 15) is 18.0 Å². The van der Waals surface area contributed by atoms with Crippen LogP contribution in [0.1, 0.15) is 18.1 Å². The van der Waals surface area contributed by atoms with Gasteiger partial charge in [0.1, 0.15) is 0 Å². The van der Waals surface area contributed by atoms with E-state index in [1.807, 2.05) is 11.8 Å². The lowest BCUT2D eigenvalue weighted by molar-refractivity contribution is -0.146. The summed E-state index contributed by atoms with van der Waals surface area (Å²) in [6, 6.07) is 5.15. The molecule has 2 rings (SSSR count). The molecule has 0 amide bonds. The topological polar surface area (TPSA) is 53.9 Å². The molecule has 2 atom stereocenters. The summed E-state index contributed by atoms with van der Waals surface area (Å²) >= 11 is 0. The number of nitrogens with one attached hydrogen (secondary N) is 1. The fourth-order valence-electron chi connectivity index (χ4n) is 3.11. The third kappa shape index (κ3) is 4.89. The summed E-state index contributed by atoms with van der Waals surface area (Å²) in [5.74, 6) is 0.430. The van der Waals surface area contributed by atoms with E-state index < -0.39 is 11.7 Å². The van der Waals surface area contributed by atoms with Crippen LogP contribution in [0.2, 0.25) is 0 Å². The molecule has 1 aromatic rings. The Labute approximate surface area is 151 Å². The second-order valence-corrected chi connectivity index (χ2v) is 6.43. The summed E-state index contributed by atoms with van der Waals surface area (Å²) in [7, 11) is 3.05. The predicted octanol–water partition coefficient (Wildman–Crippen LogP) is 2.56. The second kappa shape index (κ2) is 8.42. The van der Waals surface area contributed by atoms with E-state index in [2.05, 4.69) is 10.3 Å². The van der Waals surface area contributed by atoms with Gasteiger partial charge in [0, 0.05) is 26.7 Å². The number of rotatable bonds is 4. The number of hydrogen-bond donors (Lipinski definition) is 1. The van der Waals surface area contributed by atoms with Crippen LogP contribution < -0.4 is 5.32 Å². The van der Waals surface area contributed by atoms with Crippen LogP contribution in [0.15, 0.2) is 29.3 Å². The number of carbonyl (C=O) groups excluding carboxylic acids is 1. The van der Waals surface area contributed by atoms with Gasteiger partial charge < -0.3 is 15.0 Å². The maximum absolute atomic E-state index is 12.6. The molecular weight excluding hydrogens is 347 g/mol. The molecule has 0 aromatic heterocycles. The van der Waals surface area contributed by atoms with Gasteiger partial charge in [-0.3, -0.25) is 9.79 Å². The Hall–Kier alpha value is -2.25. The van der Waals surface area contributed by atoms with Gasteiger partial charge in [-0.25, -0.2) is 0 Å². The first-order valence-corrected chi connectivity index (χ1v) is 8.45. The Morgan fingerprint density at radius 2 is 1.96 bits per heavy atom. The molecule has 26 heavy (non-hydrogen) atoms. The summed E-state index contributed by atoms with van der Waals surface area (Å²) in [5.41, 5.74) is 0.160. The van der Waals surface area contributed by atoms with Crippen LogP contribution in [0.3, 0.4) is 0 Å². The van der Waals surface area contributed by atoms with Gasteiger partial charge in [-0.15, -0.1) is 0 Å². The van der Waals surface area contributed by atoms with Crippen molar-refractivity contribution >= 4 is 11.9 Å². The zero-order chi connectivity index (χ0) is 19.3. The predicted molar refractivity (Wildman–Crippen MR) is 92.8 cm³/mol. The molecule has 0 bridgehead atoms. The highest BCUT2D eigenvalue weighted by molar-refractivity contribution is 5.82. The molecule has 1 aliphatic rings. The molecule has 1 heterocycles. The van der Waals surface area contributed by atoms with Crippen LogP contribution in [-0.4, -0.2) is 50.6 Å². The zero-order valence-corrected chi connectivity index (χ0v) is 15.1. The molecule has 8 heteroatoms. The molecule has 1 aromatic carbocycles. The summed E-state index contributed by atoms with van der Waals surface area (Å²) < 4.78 is 42.6. The maximum Gasteiger partial charge on any atom is 0.416 e. The first-order valence-electron chi connectivity index (χ1n) is 8.45. The number of halogens is 3. The Balaban J connectivity index is 1.87. The van der Waals surface area contributed by atoms with Crippen molar-refractivity contribution in [1.29, 1.82) is 0 Å². The third-order valence-corrected chi connectivity index (χ3v) is 4.61. The van der Waals surface area contributed by atoms with E-state index in [1.54, 1.807) is 7.05 Å². The highest BCUT2D eigenvalue weighted by atomic mass is 19.4. The van der Waals surface area contributed by atoms with Gasteiger partial charge in [-0.05, 0) is 30.0 Å². The quantitative estimate of drug-likeness (QED) is 0.502. The smallest absolute Gasteiger partial charge is 0.416 e. The van der Waals surface area contributed by atoms with Crippen molar-refractivity contribution < 1.29 is 22.7 Å². The maximum atomic E-state index is 12.6. The number of alkyl halides is 3. The summed E-state index contributed by atoms with van der Waals surface area (Å²) in [5, 5.41) is 3.20. The van der Waals surface area contributed by atoms with Crippen LogP contribution in [-0.2, 0) is 22.1 Å². The normalized spacial score (nSPS) is 21.0. The molecule has 1 N–H and O–H groups in total. The minimum atomic E-state index is -4.32. The lowest BCUT2D eigenvalue weighted by Crippen LogP contribution is -2.41. The van der Waals surface area contributed by atoms with Crippen LogP contribution >= 0.6 is 0 Å². The van der Waals surface area contributed by atoms with Gasteiger partial charge in [-0.1, -0.05) is 19.1 Å². The number of ether oxygens (including phenoxy) is 1. The highest BCUT2D eigenvalue weighted by Crippen LogP contribution is 2.29. The highest BCUT2D eigenvalue weighted by Gasteiger charge is 2.36. The summed E-state index contributed by atoms with van der Waals surface area (Å²) in [6.07, 6.45) is -3.75. The number of benzene rings is 1. The average Bonchev–Trinajstić information content (AvgIpc) is 2.99. The van der Waals surface area contributed by atoms with Crippen molar-refractivity contribution in [2.45, 2.75) is 19.5 Å². The van der Waals surface area contributed by atoms with Crippen molar-refractivity contribution in [1.82, 2.24) is 10.2 Å². The van der Waals surface area contributed by atoms with E-state index in [4.69, 9.17) is 4.74 Å². The van der Waals surface area contributed by atoms with Crippen LogP contribution in [0.4, 0.5) is 13.2 Å². The van der Waals surface area contributed by atoms with Crippen molar-refractivity contribution in [2.75, 3.05) is 33.8 Å². The number of methoxy groups -OCH3 is 1. The van der Waals surface area contributed by atoms with Gasteiger partial charge >= 0.3 is 12.1 Å². The van der Waals surface area contributed by atoms with Gasteiger partial charge in [0.2, 0.25) is 0 Å². The minimum Gasteiger partial charge on any atom is -0.469 e. The average molecular weight is 371 g/mol. The van der Waals surface area contributed by atoms with Gasteiger partial charge in [-0.2, -0.15) is 13.2 Å². The van der Waals surface area contributed by atoms with E-state index in [0.717, 1.165) is 17.7 Å². The van der Waals surface area contributed by atoms with Crippen LogP contribution in [0.5, 0.6) is 0 Å². The number of carbonyl (C=O) groups is 1. The van der Waals surface area contributed by atoms with Crippen molar-refractivity contribution in [2.24, 2.45) is 16.8 Å². The first-order chi connectivity index (χ1) is 12.3. The molecule has 1 aliphatic heterocycles. The molecular formula is C18H24F3N3O2. The van der Waals surface area contributed by atoms with E-state index in [-0.39, 0.29) is 17.8 Å². The molecule has 0 aliphatic carbocycles. The van der Waals surface area contributed by atoms with Crippen molar-refractivity contribution in [3.63, 3.8) is 0 Å². The molecule has 2 unspecified atom stereocenters. The van der Waals surface area contributed by atoms with Gasteiger partial charge in [0.05, 0.1) is 18.6 Å². The number of hydrogen-bond acceptors (Lipinski definition) is 3. The lowest BCUT2D eigenvalue weighted by atomic mass is 9.99. The summed E-state index contributed by atoms with van der Waals surface area (Å²) in [4.78, 5) is 18.0. The second-order valence-electron chi connectivity index (χ2n) is 6.43. The SMILES string of the molecule is CN=C(NCCc1ccc(C(F)(F)F)cc1)N1CC(C)C(C(=O)OC)C1. The van der Waals surface area contributed by atoms with Gasteiger partial charge in [0.25, 0.3) is 0 Å². The number of aliphatic imine (C=N–C) groups is 1. The third-order valence-electron chi connectivity index (χ3n) is 4.61. The largest absolute Gasteiger partial charge is 0.469 e.